The van der Waals surface area contributed by atoms with Gasteiger partial charge in [-0.2, -0.15) is 11.8 Å². The Morgan fingerprint density at radius 3 is 2.53 bits per heavy atom. The molecule has 2 rings (SSSR count). The van der Waals surface area contributed by atoms with E-state index in [1.165, 1.54) is 25.7 Å². The Kier molecular flexibility index (Phi) is 5.11. The quantitative estimate of drug-likeness (QED) is 0.809. The molecule has 0 radical (unpaired) electrons. The highest BCUT2D eigenvalue weighted by molar-refractivity contribution is 9.10. The number of rotatable bonds is 5. The second-order valence-corrected chi connectivity index (χ2v) is 6.76. The first kappa shape index (κ1) is 13.2. The van der Waals surface area contributed by atoms with Crippen LogP contribution < -0.4 is 0 Å². The second kappa shape index (κ2) is 6.60. The SMILES string of the molecule is O=C(CSC1CCCC1)Cc1ccc(Br)cc1. The van der Waals surface area contributed by atoms with Crippen molar-refractivity contribution >= 4 is 33.5 Å². The van der Waals surface area contributed by atoms with Crippen molar-refractivity contribution in [2.24, 2.45) is 0 Å². The summed E-state index contributed by atoms with van der Waals surface area (Å²) in [7, 11) is 0. The summed E-state index contributed by atoms with van der Waals surface area (Å²) in [6, 6.07) is 8.02. The summed E-state index contributed by atoms with van der Waals surface area (Å²) in [6.07, 6.45) is 5.87. The molecule has 0 aromatic heterocycles. The molecule has 17 heavy (non-hydrogen) atoms. The van der Waals surface area contributed by atoms with Gasteiger partial charge in [-0.15, -0.1) is 0 Å². The van der Waals surface area contributed by atoms with E-state index in [4.69, 9.17) is 0 Å². The van der Waals surface area contributed by atoms with Crippen LogP contribution in [0.15, 0.2) is 28.7 Å². The third-order valence-corrected chi connectivity index (χ3v) is 5.06. The Balaban J connectivity index is 1.74. The summed E-state index contributed by atoms with van der Waals surface area (Å²) in [6.45, 7) is 0. The third-order valence-electron chi connectivity index (χ3n) is 3.10. The molecule has 0 atom stereocenters. The molecule has 0 amide bonds. The fourth-order valence-corrected chi connectivity index (χ4v) is 3.60. The Hall–Kier alpha value is -0.280. The van der Waals surface area contributed by atoms with Crippen molar-refractivity contribution in [1.29, 1.82) is 0 Å². The zero-order chi connectivity index (χ0) is 12.1. The molecular weight excluding hydrogens is 296 g/mol. The molecule has 0 bridgehead atoms. The number of carbonyl (C=O) groups is 1. The summed E-state index contributed by atoms with van der Waals surface area (Å²) >= 11 is 5.25. The molecule has 0 N–H and O–H groups in total. The van der Waals surface area contributed by atoms with E-state index >= 15 is 0 Å². The van der Waals surface area contributed by atoms with Crippen LogP contribution in [-0.2, 0) is 11.2 Å². The van der Waals surface area contributed by atoms with Crippen molar-refractivity contribution in [1.82, 2.24) is 0 Å². The lowest BCUT2D eigenvalue weighted by Gasteiger charge is -2.07. The second-order valence-electron chi connectivity index (χ2n) is 4.56. The predicted molar refractivity (Wildman–Crippen MR) is 77.6 cm³/mol. The first-order valence-corrected chi connectivity index (χ1v) is 7.96. The first-order chi connectivity index (χ1) is 8.24. The van der Waals surface area contributed by atoms with Gasteiger partial charge in [-0.1, -0.05) is 40.9 Å². The number of halogens is 1. The number of thioether (sulfide) groups is 1. The first-order valence-electron chi connectivity index (χ1n) is 6.12. The van der Waals surface area contributed by atoms with Crippen LogP contribution in [0.5, 0.6) is 0 Å². The molecule has 0 spiro atoms. The predicted octanol–water partition coefficient (Wildman–Crippen LogP) is 4.24. The topological polar surface area (TPSA) is 17.1 Å². The molecule has 1 fully saturated rings. The molecule has 1 aliphatic carbocycles. The third kappa shape index (κ3) is 4.47. The average molecular weight is 313 g/mol. The monoisotopic (exact) mass is 312 g/mol. The van der Waals surface area contributed by atoms with E-state index in [9.17, 15) is 4.79 Å². The van der Waals surface area contributed by atoms with Crippen molar-refractivity contribution in [2.45, 2.75) is 37.4 Å². The van der Waals surface area contributed by atoms with Gasteiger partial charge in [0, 0.05) is 16.1 Å². The highest BCUT2D eigenvalue weighted by Gasteiger charge is 2.16. The van der Waals surface area contributed by atoms with Gasteiger partial charge in [0.15, 0.2) is 0 Å². The molecule has 1 aliphatic rings. The summed E-state index contributed by atoms with van der Waals surface area (Å²) in [5.74, 6) is 1.03. The van der Waals surface area contributed by atoms with Gasteiger partial charge in [-0.05, 0) is 30.5 Å². The van der Waals surface area contributed by atoms with Crippen LogP contribution in [0, 0.1) is 0 Å². The van der Waals surface area contributed by atoms with E-state index in [0.29, 0.717) is 18.0 Å². The summed E-state index contributed by atoms with van der Waals surface area (Å²) in [4.78, 5) is 11.8. The minimum Gasteiger partial charge on any atom is -0.298 e. The maximum absolute atomic E-state index is 11.8. The number of carbonyl (C=O) groups excluding carboxylic acids is 1. The van der Waals surface area contributed by atoms with Crippen molar-refractivity contribution in [3.63, 3.8) is 0 Å². The van der Waals surface area contributed by atoms with Crippen LogP contribution in [0.2, 0.25) is 0 Å². The minimum absolute atomic E-state index is 0.351. The van der Waals surface area contributed by atoms with Crippen LogP contribution >= 0.6 is 27.7 Å². The zero-order valence-corrected chi connectivity index (χ0v) is 12.2. The number of benzene rings is 1. The lowest BCUT2D eigenvalue weighted by atomic mass is 10.1. The normalized spacial score (nSPS) is 16.3. The fraction of sp³-hybridized carbons (Fsp3) is 0.500. The Bertz CT molecular complexity index is 368. The number of ketones is 1. The van der Waals surface area contributed by atoms with Crippen molar-refractivity contribution in [3.8, 4) is 0 Å². The molecule has 1 aromatic carbocycles. The molecule has 1 saturated carbocycles. The average Bonchev–Trinajstić information content (AvgIpc) is 2.83. The Labute approximate surface area is 115 Å². The number of hydrogen-bond acceptors (Lipinski definition) is 2. The zero-order valence-electron chi connectivity index (χ0n) is 9.82. The fourth-order valence-electron chi connectivity index (χ4n) is 2.15. The maximum Gasteiger partial charge on any atom is 0.147 e. The highest BCUT2D eigenvalue weighted by Crippen LogP contribution is 2.29. The molecule has 1 aromatic rings. The number of hydrogen-bond donors (Lipinski definition) is 0. The number of Topliss-reactive ketones (excluding diaryl/α,β-unsaturated/α-hetero) is 1. The van der Waals surface area contributed by atoms with E-state index in [-0.39, 0.29) is 0 Å². The van der Waals surface area contributed by atoms with Crippen LogP contribution in [0.25, 0.3) is 0 Å². The minimum atomic E-state index is 0.351. The Morgan fingerprint density at radius 1 is 1.24 bits per heavy atom. The van der Waals surface area contributed by atoms with Gasteiger partial charge in [0.05, 0.1) is 5.75 Å². The van der Waals surface area contributed by atoms with E-state index in [1.54, 1.807) is 0 Å². The highest BCUT2D eigenvalue weighted by atomic mass is 79.9. The van der Waals surface area contributed by atoms with Crippen LogP contribution in [0.1, 0.15) is 31.2 Å². The van der Waals surface area contributed by atoms with Gasteiger partial charge in [-0.3, -0.25) is 4.79 Å². The van der Waals surface area contributed by atoms with Crippen molar-refractivity contribution in [2.75, 3.05) is 5.75 Å². The molecular formula is C14H17BrOS. The van der Waals surface area contributed by atoms with Gasteiger partial charge >= 0.3 is 0 Å². The smallest absolute Gasteiger partial charge is 0.147 e. The van der Waals surface area contributed by atoms with Crippen LogP contribution in [-0.4, -0.2) is 16.8 Å². The molecule has 0 unspecified atom stereocenters. The van der Waals surface area contributed by atoms with Gasteiger partial charge in [0.2, 0.25) is 0 Å². The van der Waals surface area contributed by atoms with Gasteiger partial charge in [0.1, 0.15) is 5.78 Å². The lowest BCUT2D eigenvalue weighted by Crippen LogP contribution is -2.08. The largest absolute Gasteiger partial charge is 0.298 e. The maximum atomic E-state index is 11.8. The molecule has 0 heterocycles. The standard InChI is InChI=1S/C14H17BrOS/c15-12-7-5-11(6-8-12)9-13(16)10-17-14-3-1-2-4-14/h5-8,14H,1-4,9-10H2. The molecule has 0 aliphatic heterocycles. The lowest BCUT2D eigenvalue weighted by molar-refractivity contribution is -0.116. The molecule has 92 valence electrons. The van der Waals surface area contributed by atoms with Gasteiger partial charge in [-0.25, -0.2) is 0 Å². The molecule has 1 nitrogen and oxygen atoms in total. The van der Waals surface area contributed by atoms with E-state index < -0.39 is 0 Å². The van der Waals surface area contributed by atoms with Crippen molar-refractivity contribution < 1.29 is 4.79 Å². The summed E-state index contributed by atoms with van der Waals surface area (Å²) < 4.78 is 1.06. The van der Waals surface area contributed by atoms with E-state index in [2.05, 4.69) is 15.9 Å². The van der Waals surface area contributed by atoms with Crippen LogP contribution in [0.3, 0.4) is 0 Å². The van der Waals surface area contributed by atoms with Gasteiger partial charge in [0.25, 0.3) is 0 Å². The van der Waals surface area contributed by atoms with E-state index in [0.717, 1.165) is 15.3 Å². The van der Waals surface area contributed by atoms with E-state index in [1.807, 2.05) is 36.0 Å². The van der Waals surface area contributed by atoms with Gasteiger partial charge < -0.3 is 0 Å². The van der Waals surface area contributed by atoms with Crippen molar-refractivity contribution in [3.05, 3.63) is 34.3 Å². The summed E-state index contributed by atoms with van der Waals surface area (Å²) in [5.41, 5.74) is 1.12. The molecule has 3 heteroatoms. The molecule has 0 saturated heterocycles. The van der Waals surface area contributed by atoms with Crippen LogP contribution in [0.4, 0.5) is 0 Å². The Morgan fingerprint density at radius 2 is 1.88 bits per heavy atom. The summed E-state index contributed by atoms with van der Waals surface area (Å²) in [5, 5.41) is 0.740.